The molecule has 0 spiro atoms. The van der Waals surface area contributed by atoms with Gasteiger partial charge in [-0.3, -0.25) is 4.79 Å². The number of pyridine rings is 1. The predicted octanol–water partition coefficient (Wildman–Crippen LogP) is 2.81. The zero-order chi connectivity index (χ0) is 23.9. The first-order chi connectivity index (χ1) is 16.5. The number of ether oxygens (including phenoxy) is 1. The summed E-state index contributed by atoms with van der Waals surface area (Å²) in [5.41, 5.74) is 2.09. The molecule has 34 heavy (non-hydrogen) atoms. The van der Waals surface area contributed by atoms with E-state index >= 15 is 0 Å². The first-order valence-corrected chi connectivity index (χ1v) is 10.2. The monoisotopic (exact) mass is 466 g/mol. The van der Waals surface area contributed by atoms with Crippen LogP contribution in [0.4, 0.5) is 14.5 Å². The molecule has 10 nitrogen and oxygen atoms in total. The van der Waals surface area contributed by atoms with Gasteiger partial charge < -0.3 is 19.9 Å². The van der Waals surface area contributed by atoms with Gasteiger partial charge in [0.1, 0.15) is 12.0 Å². The lowest BCUT2D eigenvalue weighted by molar-refractivity contribution is -0.0535. The Hall–Kier alpha value is -4.48. The fraction of sp³-hybridized carbons (Fsp3) is 0.182. The van der Waals surface area contributed by atoms with Gasteiger partial charge >= 0.3 is 6.61 Å². The average Bonchev–Trinajstić information content (AvgIpc) is 3.22. The van der Waals surface area contributed by atoms with Gasteiger partial charge in [-0.1, -0.05) is 12.1 Å². The molecular formula is C22H20F2N8O2. The van der Waals surface area contributed by atoms with Gasteiger partial charge in [-0.05, 0) is 30.3 Å². The summed E-state index contributed by atoms with van der Waals surface area (Å²) in [5, 5.41) is 14.3. The molecular weight excluding hydrogens is 446 g/mol. The molecule has 0 radical (unpaired) electrons. The smallest absolute Gasteiger partial charge is 0.388 e. The lowest BCUT2D eigenvalue weighted by atomic mass is 10.1. The molecule has 0 aliphatic heterocycles. The quantitative estimate of drug-likeness (QED) is 0.387. The molecule has 0 saturated carbocycles. The van der Waals surface area contributed by atoms with E-state index in [0.717, 1.165) is 0 Å². The van der Waals surface area contributed by atoms with Crippen LogP contribution in [0.2, 0.25) is 0 Å². The normalized spacial score (nSPS) is 10.8. The van der Waals surface area contributed by atoms with E-state index in [1.54, 1.807) is 42.6 Å². The second kappa shape index (κ2) is 10.4. The molecule has 0 bridgehead atoms. The van der Waals surface area contributed by atoms with E-state index in [1.165, 1.54) is 12.5 Å². The maximum atomic E-state index is 12.6. The number of nitrogens with one attached hydrogen (secondary N) is 2. The van der Waals surface area contributed by atoms with Crippen molar-refractivity contribution in [2.75, 3.05) is 5.32 Å². The van der Waals surface area contributed by atoms with Crippen LogP contribution in [-0.4, -0.2) is 42.2 Å². The van der Waals surface area contributed by atoms with E-state index in [2.05, 4.69) is 40.5 Å². The highest BCUT2D eigenvalue weighted by molar-refractivity contribution is 5.95. The number of amides is 1. The Morgan fingerprint density at radius 3 is 2.76 bits per heavy atom. The minimum absolute atomic E-state index is 0.0167. The summed E-state index contributed by atoms with van der Waals surface area (Å²) in [5.74, 6) is 0.683. The van der Waals surface area contributed by atoms with E-state index < -0.39 is 6.61 Å². The largest absolute Gasteiger partial charge is 0.417 e. The van der Waals surface area contributed by atoms with Crippen LogP contribution in [0.25, 0.3) is 11.5 Å². The molecule has 0 atom stereocenters. The molecule has 3 aromatic heterocycles. The Bertz CT molecular complexity index is 1270. The van der Waals surface area contributed by atoms with E-state index in [-0.39, 0.29) is 18.3 Å². The standard InChI is InChI=1S/C22H20F2N8O2/c1-32-18(30-31-19(32)17-7-9-25-13-29-17)12-27-16-6-2-4-14(10-16)20(33)28-11-15-5-3-8-26-21(15)34-22(23)24/h2-10,13,22,27H,11-12H2,1H3,(H,28,33). The molecule has 12 heteroatoms. The summed E-state index contributed by atoms with van der Waals surface area (Å²) in [7, 11) is 1.84. The fourth-order valence-corrected chi connectivity index (χ4v) is 3.14. The Morgan fingerprint density at radius 2 is 1.97 bits per heavy atom. The van der Waals surface area contributed by atoms with Crippen LogP contribution in [0.15, 0.2) is 61.2 Å². The maximum absolute atomic E-state index is 12.6. The summed E-state index contributed by atoms with van der Waals surface area (Å²) >= 11 is 0. The number of nitrogens with zero attached hydrogens (tertiary/aromatic N) is 6. The molecule has 0 saturated heterocycles. The summed E-state index contributed by atoms with van der Waals surface area (Å²) in [6, 6.07) is 11.8. The van der Waals surface area contributed by atoms with Gasteiger partial charge in [-0.2, -0.15) is 8.78 Å². The number of halogens is 2. The molecule has 3 heterocycles. The van der Waals surface area contributed by atoms with Crippen molar-refractivity contribution in [1.82, 2.24) is 35.0 Å². The van der Waals surface area contributed by atoms with Crippen LogP contribution < -0.4 is 15.4 Å². The Balaban J connectivity index is 1.38. The Morgan fingerprint density at radius 1 is 1.09 bits per heavy atom. The lowest BCUT2D eigenvalue weighted by Crippen LogP contribution is -2.23. The zero-order valence-corrected chi connectivity index (χ0v) is 18.0. The van der Waals surface area contributed by atoms with Gasteiger partial charge in [0.25, 0.3) is 5.91 Å². The number of alkyl halides is 2. The number of aromatic nitrogens is 6. The van der Waals surface area contributed by atoms with E-state index in [9.17, 15) is 13.6 Å². The van der Waals surface area contributed by atoms with Crippen LogP contribution >= 0.6 is 0 Å². The number of hydrogen-bond acceptors (Lipinski definition) is 8. The number of rotatable bonds is 9. The van der Waals surface area contributed by atoms with Crippen molar-refractivity contribution in [3.63, 3.8) is 0 Å². The highest BCUT2D eigenvalue weighted by Crippen LogP contribution is 2.18. The summed E-state index contributed by atoms with van der Waals surface area (Å²) in [4.78, 5) is 24.5. The van der Waals surface area contributed by atoms with Crippen LogP contribution in [0.1, 0.15) is 21.7 Å². The molecule has 2 N–H and O–H groups in total. The first kappa shape index (κ1) is 22.7. The van der Waals surface area contributed by atoms with Crippen molar-refractivity contribution in [2.45, 2.75) is 19.7 Å². The fourth-order valence-electron chi connectivity index (χ4n) is 3.14. The molecule has 0 fully saturated rings. The molecule has 1 aromatic carbocycles. The van der Waals surface area contributed by atoms with Gasteiger partial charge in [-0.25, -0.2) is 15.0 Å². The molecule has 1 amide bonds. The Labute approximate surface area is 193 Å². The minimum Gasteiger partial charge on any atom is -0.417 e. The van der Waals surface area contributed by atoms with Crippen molar-refractivity contribution < 1.29 is 18.3 Å². The van der Waals surface area contributed by atoms with Crippen molar-refractivity contribution >= 4 is 11.6 Å². The highest BCUT2D eigenvalue weighted by Gasteiger charge is 2.14. The molecule has 0 aliphatic rings. The van der Waals surface area contributed by atoms with Crippen LogP contribution in [0, 0.1) is 0 Å². The molecule has 174 valence electrons. The number of benzene rings is 1. The lowest BCUT2D eigenvalue weighted by Gasteiger charge is -2.11. The van der Waals surface area contributed by atoms with Gasteiger partial charge in [0.15, 0.2) is 11.6 Å². The predicted molar refractivity (Wildman–Crippen MR) is 118 cm³/mol. The van der Waals surface area contributed by atoms with Crippen LogP contribution in [0.5, 0.6) is 5.88 Å². The molecule has 0 unspecified atom stereocenters. The Kier molecular flexibility index (Phi) is 6.96. The van der Waals surface area contributed by atoms with Crippen molar-refractivity contribution in [2.24, 2.45) is 7.05 Å². The van der Waals surface area contributed by atoms with Crippen molar-refractivity contribution in [3.05, 3.63) is 78.1 Å². The summed E-state index contributed by atoms with van der Waals surface area (Å²) < 4.78 is 31.3. The number of hydrogen-bond donors (Lipinski definition) is 2. The first-order valence-electron chi connectivity index (χ1n) is 10.2. The third-order valence-corrected chi connectivity index (χ3v) is 4.84. The van der Waals surface area contributed by atoms with Crippen LogP contribution in [0.3, 0.4) is 0 Å². The van der Waals surface area contributed by atoms with Gasteiger partial charge in [0, 0.05) is 42.8 Å². The summed E-state index contributed by atoms with van der Waals surface area (Å²) in [6.07, 6.45) is 4.41. The summed E-state index contributed by atoms with van der Waals surface area (Å²) in [6.45, 7) is -2.65. The maximum Gasteiger partial charge on any atom is 0.388 e. The van der Waals surface area contributed by atoms with E-state index in [0.29, 0.717) is 40.7 Å². The average molecular weight is 466 g/mol. The molecule has 0 aliphatic carbocycles. The number of carbonyl (C=O) groups is 1. The number of carbonyl (C=O) groups excluding carboxylic acids is 1. The SMILES string of the molecule is Cn1c(CNc2cccc(C(=O)NCc3cccnc3OC(F)F)c2)nnc1-c1ccncn1. The van der Waals surface area contributed by atoms with Crippen molar-refractivity contribution in [1.29, 1.82) is 0 Å². The molecule has 4 aromatic rings. The van der Waals surface area contributed by atoms with Gasteiger partial charge in [0.05, 0.1) is 6.54 Å². The number of anilines is 1. The second-order valence-corrected chi connectivity index (χ2v) is 7.06. The minimum atomic E-state index is -3.00. The third-order valence-electron chi connectivity index (χ3n) is 4.84. The highest BCUT2D eigenvalue weighted by atomic mass is 19.3. The third kappa shape index (κ3) is 5.46. The zero-order valence-electron chi connectivity index (χ0n) is 18.0. The van der Waals surface area contributed by atoms with Crippen LogP contribution in [-0.2, 0) is 20.1 Å². The van der Waals surface area contributed by atoms with Gasteiger partial charge in [-0.15, -0.1) is 10.2 Å². The second-order valence-electron chi connectivity index (χ2n) is 7.06. The van der Waals surface area contributed by atoms with E-state index in [1.807, 2.05) is 17.7 Å². The van der Waals surface area contributed by atoms with E-state index in [4.69, 9.17) is 0 Å². The molecule has 4 rings (SSSR count). The van der Waals surface area contributed by atoms with Gasteiger partial charge in [0.2, 0.25) is 5.88 Å². The topological polar surface area (TPSA) is 120 Å². The van der Waals surface area contributed by atoms with Crippen molar-refractivity contribution in [3.8, 4) is 17.4 Å².